The Morgan fingerprint density at radius 2 is 1.75 bits per heavy atom. The Morgan fingerprint density at radius 1 is 1.00 bits per heavy atom. The van der Waals surface area contributed by atoms with Crippen LogP contribution in [0.15, 0.2) is 48.7 Å². The molecule has 2 nitrogen and oxygen atoms in total. The molecule has 1 heterocycles. The van der Waals surface area contributed by atoms with Crippen LogP contribution >= 0.6 is 0 Å². The van der Waals surface area contributed by atoms with E-state index in [9.17, 15) is 0 Å². The van der Waals surface area contributed by atoms with Crippen molar-refractivity contribution in [2.24, 2.45) is 0 Å². The highest BCUT2D eigenvalue weighted by molar-refractivity contribution is 5.70. The smallest absolute Gasteiger partial charge is 0.205 e. The SMILES string of the molecule is CCOc1ccccc1/C=C/c1cccc[n+]1CC.[I-]. The summed E-state index contributed by atoms with van der Waals surface area (Å²) in [5, 5.41) is 0. The Kier molecular flexibility index (Phi) is 7.30. The van der Waals surface area contributed by atoms with Crippen LogP contribution in [0.25, 0.3) is 12.2 Å². The Balaban J connectivity index is 0.00000200. The highest BCUT2D eigenvalue weighted by Gasteiger charge is 2.03. The van der Waals surface area contributed by atoms with Gasteiger partial charge in [0.15, 0.2) is 6.20 Å². The minimum absolute atomic E-state index is 0. The van der Waals surface area contributed by atoms with Gasteiger partial charge in [-0.1, -0.05) is 18.2 Å². The number of rotatable bonds is 5. The van der Waals surface area contributed by atoms with Gasteiger partial charge >= 0.3 is 0 Å². The van der Waals surface area contributed by atoms with E-state index in [2.05, 4.69) is 54.1 Å². The summed E-state index contributed by atoms with van der Waals surface area (Å²) in [5.74, 6) is 0.931. The lowest BCUT2D eigenvalue weighted by Gasteiger charge is -2.06. The first-order valence-corrected chi connectivity index (χ1v) is 6.73. The molecule has 0 spiro atoms. The molecule has 0 aliphatic heterocycles. The molecule has 1 aromatic heterocycles. The highest BCUT2D eigenvalue weighted by atomic mass is 127. The first-order valence-electron chi connectivity index (χ1n) is 6.73. The van der Waals surface area contributed by atoms with Crippen molar-refractivity contribution in [2.75, 3.05) is 6.61 Å². The van der Waals surface area contributed by atoms with E-state index >= 15 is 0 Å². The second-order valence-electron chi connectivity index (χ2n) is 4.22. The van der Waals surface area contributed by atoms with Crippen LogP contribution in [0, 0.1) is 0 Å². The van der Waals surface area contributed by atoms with Crippen LogP contribution in [-0.2, 0) is 6.54 Å². The Labute approximate surface area is 138 Å². The molecule has 0 atom stereocenters. The lowest BCUT2D eigenvalue weighted by atomic mass is 10.1. The van der Waals surface area contributed by atoms with E-state index in [4.69, 9.17) is 4.74 Å². The standard InChI is InChI=1S/C17H20NO.HI/c1-3-18-14-8-7-10-16(18)13-12-15-9-5-6-11-17(15)19-4-2;/h5-14H,3-4H2,1-2H3;1H/q+1;/p-1/b13-12+;. The fourth-order valence-electron chi connectivity index (χ4n) is 2.01. The van der Waals surface area contributed by atoms with E-state index in [0.717, 1.165) is 17.9 Å². The zero-order valence-corrected chi connectivity index (χ0v) is 14.1. The molecular formula is C17H20INO. The molecule has 2 aromatic rings. The summed E-state index contributed by atoms with van der Waals surface area (Å²) >= 11 is 0. The van der Waals surface area contributed by atoms with Gasteiger partial charge < -0.3 is 28.7 Å². The predicted octanol–water partition coefficient (Wildman–Crippen LogP) is 0.567. The number of aryl methyl sites for hydroxylation is 1. The van der Waals surface area contributed by atoms with Gasteiger partial charge in [0.1, 0.15) is 12.3 Å². The zero-order valence-electron chi connectivity index (χ0n) is 11.9. The van der Waals surface area contributed by atoms with E-state index in [1.54, 1.807) is 0 Å². The van der Waals surface area contributed by atoms with Crippen LogP contribution in [0.2, 0.25) is 0 Å². The Bertz CT molecular complexity index is 566. The number of hydrogen-bond donors (Lipinski definition) is 0. The second-order valence-corrected chi connectivity index (χ2v) is 4.22. The molecule has 0 saturated heterocycles. The number of halogens is 1. The molecule has 0 amide bonds. The van der Waals surface area contributed by atoms with E-state index in [0.29, 0.717) is 6.61 Å². The second kappa shape index (κ2) is 8.74. The van der Waals surface area contributed by atoms with Crippen molar-refractivity contribution >= 4 is 12.2 Å². The molecule has 1 aromatic carbocycles. The number of hydrogen-bond acceptors (Lipinski definition) is 1. The molecule has 3 heteroatoms. The maximum atomic E-state index is 5.62. The average Bonchev–Trinajstić information content (AvgIpc) is 2.47. The molecule has 106 valence electrons. The minimum atomic E-state index is 0. The predicted molar refractivity (Wildman–Crippen MR) is 78.9 cm³/mol. The van der Waals surface area contributed by atoms with Gasteiger partial charge in [0.2, 0.25) is 5.69 Å². The van der Waals surface area contributed by atoms with Crippen LogP contribution in [0.5, 0.6) is 5.75 Å². The third-order valence-electron chi connectivity index (χ3n) is 2.97. The molecule has 0 aliphatic rings. The number of ether oxygens (including phenoxy) is 1. The van der Waals surface area contributed by atoms with Crippen molar-refractivity contribution < 1.29 is 33.3 Å². The molecule has 20 heavy (non-hydrogen) atoms. The fraction of sp³-hybridized carbons (Fsp3) is 0.235. The molecular weight excluding hydrogens is 361 g/mol. The molecule has 0 radical (unpaired) electrons. The number of nitrogens with zero attached hydrogens (tertiary/aromatic N) is 1. The van der Waals surface area contributed by atoms with Gasteiger partial charge in [0.25, 0.3) is 0 Å². The lowest BCUT2D eigenvalue weighted by molar-refractivity contribution is -0.695. The first-order chi connectivity index (χ1) is 9.35. The maximum Gasteiger partial charge on any atom is 0.205 e. The summed E-state index contributed by atoms with van der Waals surface area (Å²) in [7, 11) is 0. The summed E-state index contributed by atoms with van der Waals surface area (Å²) in [6.45, 7) is 5.80. The Morgan fingerprint density at radius 3 is 2.50 bits per heavy atom. The largest absolute Gasteiger partial charge is 1.00 e. The van der Waals surface area contributed by atoms with Crippen molar-refractivity contribution in [3.63, 3.8) is 0 Å². The first kappa shape index (κ1) is 16.7. The number of aromatic nitrogens is 1. The molecule has 0 saturated carbocycles. The lowest BCUT2D eigenvalue weighted by Crippen LogP contribution is -3.00. The van der Waals surface area contributed by atoms with Gasteiger partial charge in [-0.25, -0.2) is 0 Å². The monoisotopic (exact) mass is 381 g/mol. The summed E-state index contributed by atoms with van der Waals surface area (Å²) < 4.78 is 7.83. The number of pyridine rings is 1. The molecule has 0 bridgehead atoms. The van der Waals surface area contributed by atoms with Gasteiger partial charge in [-0.3, -0.25) is 0 Å². The van der Waals surface area contributed by atoms with Crippen LogP contribution in [0.3, 0.4) is 0 Å². The normalized spacial score (nSPS) is 10.3. The zero-order chi connectivity index (χ0) is 13.5. The van der Waals surface area contributed by atoms with Crippen LogP contribution in [-0.4, -0.2) is 6.61 Å². The number of para-hydroxylation sites is 1. The third kappa shape index (κ3) is 4.34. The van der Waals surface area contributed by atoms with Crippen LogP contribution < -0.4 is 33.3 Å². The van der Waals surface area contributed by atoms with Gasteiger partial charge in [-0.05, 0) is 32.1 Å². The van der Waals surface area contributed by atoms with Crippen molar-refractivity contribution in [3.05, 3.63) is 59.9 Å². The highest BCUT2D eigenvalue weighted by Crippen LogP contribution is 2.20. The summed E-state index contributed by atoms with van der Waals surface area (Å²) in [6, 6.07) is 14.3. The molecule has 0 aliphatic carbocycles. The van der Waals surface area contributed by atoms with E-state index in [-0.39, 0.29) is 24.0 Å². The summed E-state index contributed by atoms with van der Waals surface area (Å²) in [4.78, 5) is 0. The van der Waals surface area contributed by atoms with Crippen LogP contribution in [0.1, 0.15) is 25.1 Å². The third-order valence-corrected chi connectivity index (χ3v) is 2.97. The van der Waals surface area contributed by atoms with E-state index in [1.165, 1.54) is 5.69 Å². The molecule has 0 unspecified atom stereocenters. The molecule has 0 N–H and O–H groups in total. The van der Waals surface area contributed by atoms with Gasteiger partial charge in [0.05, 0.1) is 6.61 Å². The maximum absolute atomic E-state index is 5.62. The summed E-state index contributed by atoms with van der Waals surface area (Å²) in [6.07, 6.45) is 6.32. The van der Waals surface area contributed by atoms with Gasteiger partial charge in [-0.15, -0.1) is 0 Å². The number of benzene rings is 1. The minimum Gasteiger partial charge on any atom is -1.00 e. The van der Waals surface area contributed by atoms with Crippen molar-refractivity contribution in [1.29, 1.82) is 0 Å². The van der Waals surface area contributed by atoms with Crippen molar-refractivity contribution in [3.8, 4) is 5.75 Å². The van der Waals surface area contributed by atoms with Gasteiger partial charge in [-0.2, -0.15) is 4.57 Å². The van der Waals surface area contributed by atoms with Crippen molar-refractivity contribution in [1.82, 2.24) is 0 Å². The fourth-order valence-corrected chi connectivity index (χ4v) is 2.01. The molecule has 0 fully saturated rings. The topological polar surface area (TPSA) is 13.1 Å². The quantitative estimate of drug-likeness (QED) is 0.545. The van der Waals surface area contributed by atoms with Crippen LogP contribution in [0.4, 0.5) is 0 Å². The van der Waals surface area contributed by atoms with Crippen molar-refractivity contribution in [2.45, 2.75) is 20.4 Å². The van der Waals surface area contributed by atoms with E-state index in [1.807, 2.05) is 25.1 Å². The van der Waals surface area contributed by atoms with Gasteiger partial charge in [0, 0.05) is 23.8 Å². The molecule has 2 rings (SSSR count). The average molecular weight is 381 g/mol. The Hall–Kier alpha value is -1.36. The summed E-state index contributed by atoms with van der Waals surface area (Å²) in [5.41, 5.74) is 2.30. The van der Waals surface area contributed by atoms with E-state index < -0.39 is 0 Å².